The van der Waals surface area contributed by atoms with Gasteiger partial charge in [0.1, 0.15) is 17.5 Å². The molecule has 4 heteroatoms. The highest BCUT2D eigenvalue weighted by atomic mass is 16.6. The van der Waals surface area contributed by atoms with E-state index in [1.54, 1.807) is 6.92 Å². The van der Waals surface area contributed by atoms with Crippen molar-refractivity contribution in [3.63, 3.8) is 0 Å². The van der Waals surface area contributed by atoms with Crippen molar-refractivity contribution in [2.75, 3.05) is 0 Å². The fourth-order valence-corrected chi connectivity index (χ4v) is 8.64. The molecule has 4 nitrogen and oxygen atoms in total. The van der Waals surface area contributed by atoms with E-state index >= 15 is 0 Å². The first kappa shape index (κ1) is 18.1. The molecule has 27 heavy (non-hydrogen) atoms. The van der Waals surface area contributed by atoms with E-state index in [-0.39, 0.29) is 34.4 Å². The summed E-state index contributed by atoms with van der Waals surface area (Å²) in [6.45, 7) is 8.19. The highest BCUT2D eigenvalue weighted by molar-refractivity contribution is 5.79. The zero-order valence-electron chi connectivity index (χ0n) is 17.3. The lowest BCUT2D eigenvalue weighted by Gasteiger charge is -2.59. The maximum Gasteiger partial charge on any atom is 0.302 e. The Morgan fingerprint density at radius 1 is 1.00 bits per heavy atom. The van der Waals surface area contributed by atoms with Crippen LogP contribution in [-0.2, 0) is 19.1 Å². The van der Waals surface area contributed by atoms with Crippen molar-refractivity contribution < 1.29 is 19.1 Å². The van der Waals surface area contributed by atoms with Gasteiger partial charge in [-0.2, -0.15) is 0 Å². The van der Waals surface area contributed by atoms with Gasteiger partial charge in [-0.15, -0.1) is 0 Å². The molecule has 5 aliphatic rings. The second-order valence-electron chi connectivity index (χ2n) is 10.8. The van der Waals surface area contributed by atoms with E-state index in [1.807, 2.05) is 0 Å². The molecule has 0 amide bonds. The van der Waals surface area contributed by atoms with Crippen molar-refractivity contribution in [1.29, 1.82) is 0 Å². The fourth-order valence-electron chi connectivity index (χ4n) is 8.64. The number of Topliss-reactive ketones (excluding diaryl/α,β-unsaturated/α-hetero) is 1. The average molecular weight is 375 g/mol. The number of hydrogen-bond acceptors (Lipinski definition) is 4. The number of carbonyl (C=O) groups is 2. The van der Waals surface area contributed by atoms with Crippen LogP contribution in [0.5, 0.6) is 0 Å². The van der Waals surface area contributed by atoms with Crippen LogP contribution in [0.1, 0.15) is 79.1 Å². The minimum atomic E-state index is -0.166. The van der Waals surface area contributed by atoms with Crippen molar-refractivity contribution in [3.8, 4) is 0 Å². The van der Waals surface area contributed by atoms with Crippen LogP contribution in [0, 0.1) is 34.5 Å². The summed E-state index contributed by atoms with van der Waals surface area (Å²) in [5.41, 5.74) is 0.346. The van der Waals surface area contributed by atoms with Gasteiger partial charge in [-0.3, -0.25) is 9.59 Å². The van der Waals surface area contributed by atoms with Gasteiger partial charge in [0.05, 0.1) is 6.10 Å². The van der Waals surface area contributed by atoms with E-state index in [2.05, 4.69) is 13.8 Å². The summed E-state index contributed by atoms with van der Waals surface area (Å²) in [6, 6.07) is 0. The van der Waals surface area contributed by atoms with E-state index < -0.39 is 0 Å². The van der Waals surface area contributed by atoms with Gasteiger partial charge < -0.3 is 9.47 Å². The van der Waals surface area contributed by atoms with Crippen molar-refractivity contribution in [2.24, 2.45) is 34.5 Å². The molecule has 1 heterocycles. The summed E-state index contributed by atoms with van der Waals surface area (Å²) in [7, 11) is 0. The Hall–Kier alpha value is -0.900. The van der Waals surface area contributed by atoms with Crippen LogP contribution in [0.3, 0.4) is 0 Å². The van der Waals surface area contributed by atoms with E-state index in [9.17, 15) is 9.59 Å². The predicted molar refractivity (Wildman–Crippen MR) is 101 cm³/mol. The summed E-state index contributed by atoms with van der Waals surface area (Å²) >= 11 is 0. The van der Waals surface area contributed by atoms with Crippen LogP contribution in [-0.4, -0.2) is 29.6 Å². The fraction of sp³-hybridized carbons (Fsp3) is 0.913. The van der Waals surface area contributed by atoms with Gasteiger partial charge in [0, 0.05) is 24.7 Å². The van der Waals surface area contributed by atoms with Crippen LogP contribution >= 0.6 is 0 Å². The minimum Gasteiger partial charge on any atom is -0.462 e. The number of ether oxygens (including phenoxy) is 2. The molecular formula is C23H34O4. The zero-order valence-corrected chi connectivity index (χ0v) is 17.3. The molecule has 0 unspecified atom stereocenters. The molecule has 5 fully saturated rings. The topological polar surface area (TPSA) is 55.9 Å². The summed E-state index contributed by atoms with van der Waals surface area (Å²) in [4.78, 5) is 23.7. The summed E-state index contributed by atoms with van der Waals surface area (Å²) in [5.74, 6) is 2.57. The third-order valence-electron chi connectivity index (χ3n) is 9.86. The molecule has 4 aliphatic carbocycles. The van der Waals surface area contributed by atoms with Crippen LogP contribution in [0.15, 0.2) is 0 Å². The molecule has 1 saturated heterocycles. The number of esters is 1. The van der Waals surface area contributed by atoms with Gasteiger partial charge in [0.2, 0.25) is 0 Å². The Kier molecular flexibility index (Phi) is 3.75. The van der Waals surface area contributed by atoms with E-state index in [1.165, 1.54) is 26.2 Å². The summed E-state index contributed by atoms with van der Waals surface area (Å²) < 4.78 is 12.1. The monoisotopic (exact) mass is 374 g/mol. The molecule has 5 rings (SSSR count). The van der Waals surface area contributed by atoms with E-state index in [0.29, 0.717) is 29.6 Å². The normalized spacial score (nSPS) is 55.6. The first-order valence-corrected chi connectivity index (χ1v) is 11.1. The smallest absolute Gasteiger partial charge is 0.302 e. The highest BCUT2D eigenvalue weighted by Crippen LogP contribution is 2.74. The van der Waals surface area contributed by atoms with Crippen molar-refractivity contribution in [1.82, 2.24) is 0 Å². The van der Waals surface area contributed by atoms with Crippen LogP contribution in [0.4, 0.5) is 0 Å². The van der Waals surface area contributed by atoms with Crippen LogP contribution in [0.25, 0.3) is 0 Å². The third kappa shape index (κ3) is 2.25. The summed E-state index contributed by atoms with van der Waals surface area (Å²) in [5, 5.41) is 0. The molecule has 4 saturated carbocycles. The maximum atomic E-state index is 12.3. The number of rotatable bonds is 2. The molecule has 0 aromatic heterocycles. The second kappa shape index (κ2) is 5.58. The quantitative estimate of drug-likeness (QED) is 0.534. The first-order valence-electron chi connectivity index (χ1n) is 11.1. The van der Waals surface area contributed by atoms with Crippen molar-refractivity contribution in [2.45, 2.75) is 96.9 Å². The molecule has 0 N–H and O–H groups in total. The van der Waals surface area contributed by atoms with Crippen molar-refractivity contribution in [3.05, 3.63) is 0 Å². The Balaban J connectivity index is 1.42. The second-order valence-corrected chi connectivity index (χ2v) is 10.8. The van der Waals surface area contributed by atoms with E-state index in [4.69, 9.17) is 9.47 Å². The van der Waals surface area contributed by atoms with Gasteiger partial charge in [-0.05, 0) is 75.0 Å². The molecule has 1 aliphatic heterocycles. The molecule has 0 aromatic carbocycles. The Labute approximate surface area is 162 Å². The number of fused-ring (bicyclic) bond motifs is 4. The average Bonchev–Trinajstić information content (AvgIpc) is 3.15. The Morgan fingerprint density at radius 2 is 1.78 bits per heavy atom. The molecule has 0 bridgehead atoms. The third-order valence-corrected chi connectivity index (χ3v) is 9.86. The SMILES string of the molecule is CC(=O)O[C@H]1CC[C@]2(C)[C@H]3CC[C@]4(C)[C@@H](C(C)=O)CC[C@H]4[C@@H]3C[C@@H]3O[C@@]32C1. The lowest BCUT2D eigenvalue weighted by atomic mass is 9.44. The Morgan fingerprint density at radius 3 is 2.48 bits per heavy atom. The van der Waals surface area contributed by atoms with Gasteiger partial charge in [0.15, 0.2) is 0 Å². The molecular weight excluding hydrogens is 340 g/mol. The van der Waals surface area contributed by atoms with Crippen LogP contribution < -0.4 is 0 Å². The van der Waals surface area contributed by atoms with Gasteiger partial charge >= 0.3 is 5.97 Å². The van der Waals surface area contributed by atoms with Crippen molar-refractivity contribution >= 4 is 11.8 Å². The number of carbonyl (C=O) groups excluding carboxylic acids is 2. The lowest BCUT2D eigenvalue weighted by Crippen LogP contribution is -2.59. The molecule has 0 radical (unpaired) electrons. The number of ketones is 1. The summed E-state index contributed by atoms with van der Waals surface area (Å²) in [6.07, 6.45) is 9.18. The molecule has 9 atom stereocenters. The van der Waals surface area contributed by atoms with E-state index in [0.717, 1.165) is 32.1 Å². The number of hydrogen-bond donors (Lipinski definition) is 0. The van der Waals surface area contributed by atoms with Gasteiger partial charge in [0.25, 0.3) is 0 Å². The lowest BCUT2D eigenvalue weighted by molar-refractivity contribution is -0.158. The first-order chi connectivity index (χ1) is 12.7. The minimum absolute atomic E-state index is 0.0274. The highest BCUT2D eigenvalue weighted by Gasteiger charge is 2.76. The maximum absolute atomic E-state index is 12.3. The molecule has 0 aromatic rings. The zero-order chi connectivity index (χ0) is 19.2. The standard InChI is InChI=1S/C23H34O4/c1-13(24)17-5-6-18-16-11-20-23(27-20)12-15(26-14(2)25)7-10-22(23,4)19(16)8-9-21(17,18)3/h15-20H,5-12H2,1-4H3/t15-,16-,17+,18-,19-,20-,21+,22+,23-/m0/s1. The molecule has 1 spiro atoms. The van der Waals surface area contributed by atoms with Gasteiger partial charge in [-0.1, -0.05) is 13.8 Å². The molecule has 150 valence electrons. The number of epoxide rings is 1. The predicted octanol–water partition coefficient (Wildman–Crippen LogP) is 4.30. The largest absolute Gasteiger partial charge is 0.462 e. The van der Waals surface area contributed by atoms with Gasteiger partial charge in [-0.25, -0.2) is 0 Å². The van der Waals surface area contributed by atoms with Crippen LogP contribution in [0.2, 0.25) is 0 Å². The Bertz CT molecular complexity index is 688.